The molecule has 0 spiro atoms. The zero-order valence-electron chi connectivity index (χ0n) is 13.9. The highest BCUT2D eigenvalue weighted by atomic mass is 15.3. The van der Waals surface area contributed by atoms with Crippen LogP contribution in [0.25, 0.3) is 0 Å². The molecule has 1 atom stereocenters. The molecular formula is C18H31N3. The van der Waals surface area contributed by atoms with Gasteiger partial charge < -0.3 is 10.2 Å². The summed E-state index contributed by atoms with van der Waals surface area (Å²) in [5.74, 6) is 0.794. The maximum Gasteiger partial charge on any atom is 0.0367 e. The fraction of sp³-hybridized carbons (Fsp3) is 0.667. The molecule has 0 amide bonds. The summed E-state index contributed by atoms with van der Waals surface area (Å²) in [6, 6.07) is 11.4. The van der Waals surface area contributed by atoms with Gasteiger partial charge >= 0.3 is 0 Å². The van der Waals surface area contributed by atoms with Crippen LogP contribution in [0.4, 0.5) is 5.69 Å². The number of hydrogen-bond donors (Lipinski definition) is 1. The van der Waals surface area contributed by atoms with Crippen LogP contribution < -0.4 is 10.2 Å². The van der Waals surface area contributed by atoms with Gasteiger partial charge in [-0.1, -0.05) is 32.0 Å². The van der Waals surface area contributed by atoms with Crippen molar-refractivity contribution in [3.05, 3.63) is 30.3 Å². The fourth-order valence-electron chi connectivity index (χ4n) is 2.89. The maximum atomic E-state index is 3.60. The second-order valence-corrected chi connectivity index (χ2v) is 6.59. The van der Waals surface area contributed by atoms with Crippen LogP contribution in [0.5, 0.6) is 0 Å². The topological polar surface area (TPSA) is 18.5 Å². The first-order valence-corrected chi connectivity index (χ1v) is 8.41. The summed E-state index contributed by atoms with van der Waals surface area (Å²) < 4.78 is 0. The summed E-state index contributed by atoms with van der Waals surface area (Å²) in [5, 5.41) is 3.60. The Morgan fingerprint density at radius 1 is 1.00 bits per heavy atom. The molecule has 21 heavy (non-hydrogen) atoms. The van der Waals surface area contributed by atoms with Crippen molar-refractivity contribution >= 4 is 5.69 Å². The highest BCUT2D eigenvalue weighted by Crippen LogP contribution is 2.16. The van der Waals surface area contributed by atoms with Gasteiger partial charge in [0.25, 0.3) is 0 Å². The van der Waals surface area contributed by atoms with Crippen molar-refractivity contribution < 1.29 is 0 Å². The third-order valence-electron chi connectivity index (χ3n) is 4.40. The second-order valence-electron chi connectivity index (χ2n) is 6.59. The van der Waals surface area contributed by atoms with E-state index in [1.165, 1.54) is 25.2 Å². The van der Waals surface area contributed by atoms with E-state index >= 15 is 0 Å². The number of para-hydroxylation sites is 1. The first-order valence-electron chi connectivity index (χ1n) is 8.41. The maximum absolute atomic E-state index is 3.60. The third kappa shape index (κ3) is 5.33. The first kappa shape index (κ1) is 16.3. The largest absolute Gasteiger partial charge is 0.369 e. The molecule has 1 fully saturated rings. The average Bonchev–Trinajstić information content (AvgIpc) is 2.52. The van der Waals surface area contributed by atoms with Crippen molar-refractivity contribution in [1.29, 1.82) is 0 Å². The molecule has 0 saturated carbocycles. The molecule has 1 aliphatic heterocycles. The Morgan fingerprint density at radius 3 is 2.29 bits per heavy atom. The number of piperazine rings is 1. The van der Waals surface area contributed by atoms with Gasteiger partial charge in [0.05, 0.1) is 0 Å². The lowest BCUT2D eigenvalue weighted by Crippen LogP contribution is -2.52. The normalized spacial score (nSPS) is 18.2. The number of nitrogens with zero attached hydrogens (tertiary/aromatic N) is 2. The van der Waals surface area contributed by atoms with Gasteiger partial charge in [-0.15, -0.1) is 0 Å². The van der Waals surface area contributed by atoms with Crippen molar-refractivity contribution in [2.24, 2.45) is 5.92 Å². The molecule has 0 bridgehead atoms. The van der Waals surface area contributed by atoms with Gasteiger partial charge in [-0.05, 0) is 37.9 Å². The van der Waals surface area contributed by atoms with Crippen LogP contribution in [0.15, 0.2) is 30.3 Å². The van der Waals surface area contributed by atoms with E-state index < -0.39 is 0 Å². The second kappa shape index (κ2) is 8.40. The quantitative estimate of drug-likeness (QED) is 0.779. The molecule has 1 aromatic carbocycles. The molecule has 0 aromatic heterocycles. The van der Waals surface area contributed by atoms with Crippen LogP contribution in [-0.4, -0.2) is 50.2 Å². The Kier molecular flexibility index (Phi) is 6.52. The van der Waals surface area contributed by atoms with Gasteiger partial charge in [-0.3, -0.25) is 4.90 Å². The van der Waals surface area contributed by atoms with E-state index in [0.717, 1.165) is 32.1 Å². The van der Waals surface area contributed by atoms with Gasteiger partial charge in [0, 0.05) is 44.5 Å². The monoisotopic (exact) mass is 289 g/mol. The summed E-state index contributed by atoms with van der Waals surface area (Å²) in [5.41, 5.74) is 1.36. The molecule has 1 N–H and O–H groups in total. The molecule has 2 rings (SSSR count). The van der Waals surface area contributed by atoms with E-state index in [1.54, 1.807) is 0 Å². The minimum absolute atomic E-state index is 0.634. The van der Waals surface area contributed by atoms with Crippen molar-refractivity contribution in [1.82, 2.24) is 10.2 Å². The summed E-state index contributed by atoms with van der Waals surface area (Å²) in [6.45, 7) is 13.8. The van der Waals surface area contributed by atoms with E-state index in [9.17, 15) is 0 Å². The van der Waals surface area contributed by atoms with Crippen molar-refractivity contribution in [3.8, 4) is 0 Å². The Balaban J connectivity index is 1.68. The third-order valence-corrected chi connectivity index (χ3v) is 4.40. The Morgan fingerprint density at radius 2 is 1.67 bits per heavy atom. The summed E-state index contributed by atoms with van der Waals surface area (Å²) in [6.07, 6.45) is 1.27. The predicted octanol–water partition coefficient (Wildman–Crippen LogP) is 2.83. The molecule has 1 unspecified atom stereocenters. The molecule has 0 radical (unpaired) electrons. The highest BCUT2D eigenvalue weighted by Gasteiger charge is 2.20. The Bertz CT molecular complexity index is 383. The Labute approximate surface area is 130 Å². The van der Waals surface area contributed by atoms with Crippen molar-refractivity contribution in [2.75, 3.05) is 44.2 Å². The molecular weight excluding hydrogens is 258 g/mol. The minimum atomic E-state index is 0.634. The number of benzene rings is 1. The predicted molar refractivity (Wildman–Crippen MR) is 92.0 cm³/mol. The Hall–Kier alpha value is -1.06. The summed E-state index contributed by atoms with van der Waals surface area (Å²) in [7, 11) is 0. The average molecular weight is 289 g/mol. The molecule has 1 heterocycles. The van der Waals surface area contributed by atoms with Crippen LogP contribution in [-0.2, 0) is 0 Å². The van der Waals surface area contributed by atoms with Crippen LogP contribution >= 0.6 is 0 Å². The number of nitrogens with one attached hydrogen (secondary N) is 1. The molecule has 118 valence electrons. The van der Waals surface area contributed by atoms with E-state index in [0.29, 0.717) is 6.04 Å². The van der Waals surface area contributed by atoms with Crippen LogP contribution in [0.3, 0.4) is 0 Å². The molecule has 1 saturated heterocycles. The van der Waals surface area contributed by atoms with Gasteiger partial charge in [0.1, 0.15) is 0 Å². The zero-order valence-corrected chi connectivity index (χ0v) is 13.9. The molecule has 3 nitrogen and oxygen atoms in total. The van der Waals surface area contributed by atoms with E-state index in [-0.39, 0.29) is 0 Å². The SMILES string of the molecule is CC(C)CCNCC(C)N1CCN(c2ccccc2)CC1. The zero-order chi connectivity index (χ0) is 15.1. The van der Waals surface area contributed by atoms with E-state index in [1.807, 2.05) is 0 Å². The van der Waals surface area contributed by atoms with Gasteiger partial charge in [0.2, 0.25) is 0 Å². The van der Waals surface area contributed by atoms with Crippen molar-refractivity contribution in [2.45, 2.75) is 33.2 Å². The van der Waals surface area contributed by atoms with Crippen molar-refractivity contribution in [3.63, 3.8) is 0 Å². The van der Waals surface area contributed by atoms with Crippen LogP contribution in [0.1, 0.15) is 27.2 Å². The van der Waals surface area contributed by atoms with Crippen LogP contribution in [0.2, 0.25) is 0 Å². The molecule has 1 aromatic rings. The smallest absolute Gasteiger partial charge is 0.0367 e. The summed E-state index contributed by atoms with van der Waals surface area (Å²) >= 11 is 0. The highest BCUT2D eigenvalue weighted by molar-refractivity contribution is 5.46. The molecule has 0 aliphatic carbocycles. The fourth-order valence-corrected chi connectivity index (χ4v) is 2.89. The lowest BCUT2D eigenvalue weighted by molar-refractivity contribution is 0.193. The van der Waals surface area contributed by atoms with Gasteiger partial charge in [-0.2, -0.15) is 0 Å². The van der Waals surface area contributed by atoms with Gasteiger partial charge in [0.15, 0.2) is 0 Å². The lowest BCUT2D eigenvalue weighted by atomic mass is 10.1. The number of anilines is 1. The lowest BCUT2D eigenvalue weighted by Gasteiger charge is -2.39. The minimum Gasteiger partial charge on any atom is -0.369 e. The van der Waals surface area contributed by atoms with E-state index in [2.05, 4.69) is 66.2 Å². The molecule has 1 aliphatic rings. The standard InChI is InChI=1S/C18H31N3/c1-16(2)9-10-19-15-17(3)20-11-13-21(14-12-20)18-7-5-4-6-8-18/h4-8,16-17,19H,9-15H2,1-3H3. The number of hydrogen-bond acceptors (Lipinski definition) is 3. The number of rotatable bonds is 7. The first-order chi connectivity index (χ1) is 10.2. The van der Waals surface area contributed by atoms with Crippen LogP contribution in [0, 0.1) is 5.92 Å². The molecule has 3 heteroatoms. The van der Waals surface area contributed by atoms with Gasteiger partial charge in [-0.25, -0.2) is 0 Å². The van der Waals surface area contributed by atoms with E-state index in [4.69, 9.17) is 0 Å². The summed E-state index contributed by atoms with van der Waals surface area (Å²) in [4.78, 5) is 5.11.